The Morgan fingerprint density at radius 2 is 1.85 bits per heavy atom. The molecule has 0 saturated heterocycles. The van der Waals surface area contributed by atoms with Gasteiger partial charge in [-0.2, -0.15) is 5.26 Å². The Morgan fingerprint density at radius 1 is 1.20 bits per heavy atom. The van der Waals surface area contributed by atoms with Gasteiger partial charge in [-0.25, -0.2) is 0 Å². The lowest BCUT2D eigenvalue weighted by Gasteiger charge is -2.18. The van der Waals surface area contributed by atoms with E-state index >= 15 is 0 Å². The molecule has 0 amide bonds. The summed E-state index contributed by atoms with van der Waals surface area (Å²) < 4.78 is 0. The molecule has 102 valence electrons. The van der Waals surface area contributed by atoms with E-state index in [1.54, 1.807) is 31.2 Å². The third-order valence-corrected chi connectivity index (χ3v) is 3.29. The van der Waals surface area contributed by atoms with Crippen LogP contribution in [0, 0.1) is 11.3 Å². The second-order valence-corrected chi connectivity index (χ2v) is 4.79. The minimum atomic E-state index is -0.330. The van der Waals surface area contributed by atoms with Gasteiger partial charge in [0.1, 0.15) is 17.6 Å². The van der Waals surface area contributed by atoms with Crippen molar-refractivity contribution < 1.29 is 10.2 Å². The summed E-state index contributed by atoms with van der Waals surface area (Å²) in [5.74, 6) is 0.0268. The SMILES string of the molecule is CC(Nc1ccc(Cl)c(C#N)c1)c1c(O)cccc1O. The molecule has 0 fully saturated rings. The smallest absolute Gasteiger partial charge is 0.124 e. The summed E-state index contributed by atoms with van der Waals surface area (Å²) in [6, 6.07) is 11.2. The molecule has 0 radical (unpaired) electrons. The number of rotatable bonds is 3. The van der Waals surface area contributed by atoms with E-state index in [9.17, 15) is 10.2 Å². The second kappa shape index (κ2) is 5.72. The van der Waals surface area contributed by atoms with Gasteiger partial charge < -0.3 is 15.5 Å². The summed E-state index contributed by atoms with van der Waals surface area (Å²) in [7, 11) is 0. The zero-order valence-electron chi connectivity index (χ0n) is 10.8. The fourth-order valence-corrected chi connectivity index (χ4v) is 2.17. The van der Waals surface area contributed by atoms with Gasteiger partial charge >= 0.3 is 0 Å². The molecule has 0 spiro atoms. The third kappa shape index (κ3) is 2.79. The number of nitrogens with zero attached hydrogens (tertiary/aromatic N) is 1. The van der Waals surface area contributed by atoms with Crippen LogP contribution in [0.1, 0.15) is 24.1 Å². The van der Waals surface area contributed by atoms with E-state index in [1.807, 2.05) is 6.07 Å². The first kappa shape index (κ1) is 14.0. The lowest BCUT2D eigenvalue weighted by Crippen LogP contribution is -2.07. The van der Waals surface area contributed by atoms with Gasteiger partial charge in [0.25, 0.3) is 0 Å². The molecule has 20 heavy (non-hydrogen) atoms. The van der Waals surface area contributed by atoms with Gasteiger partial charge in [-0.05, 0) is 37.3 Å². The van der Waals surface area contributed by atoms with Gasteiger partial charge in [0.05, 0.1) is 22.2 Å². The highest BCUT2D eigenvalue weighted by molar-refractivity contribution is 6.31. The molecule has 3 N–H and O–H groups in total. The molecule has 0 aliphatic carbocycles. The average Bonchev–Trinajstić information content (AvgIpc) is 2.40. The fraction of sp³-hybridized carbons (Fsp3) is 0.133. The number of benzene rings is 2. The predicted octanol–water partition coefficient (Wildman–Crippen LogP) is 3.80. The molecule has 2 aromatic carbocycles. The lowest BCUT2D eigenvalue weighted by molar-refractivity contribution is 0.434. The van der Waals surface area contributed by atoms with Crippen molar-refractivity contribution >= 4 is 17.3 Å². The number of phenolic OH excluding ortho intramolecular Hbond substituents is 2. The molecule has 0 aliphatic rings. The number of hydrogen-bond acceptors (Lipinski definition) is 4. The zero-order valence-corrected chi connectivity index (χ0v) is 11.5. The van der Waals surface area contributed by atoms with Crippen LogP contribution in [0.5, 0.6) is 11.5 Å². The van der Waals surface area contributed by atoms with Crippen molar-refractivity contribution in [1.82, 2.24) is 0 Å². The highest BCUT2D eigenvalue weighted by Crippen LogP contribution is 2.34. The topological polar surface area (TPSA) is 76.3 Å². The van der Waals surface area contributed by atoms with Crippen LogP contribution in [0.2, 0.25) is 5.02 Å². The van der Waals surface area contributed by atoms with E-state index in [0.717, 1.165) is 0 Å². The van der Waals surface area contributed by atoms with Crippen molar-refractivity contribution in [3.63, 3.8) is 0 Å². The molecule has 4 nitrogen and oxygen atoms in total. The Kier molecular flexibility index (Phi) is 4.02. The first-order chi connectivity index (χ1) is 9.52. The monoisotopic (exact) mass is 288 g/mol. The molecular formula is C15H13ClN2O2. The molecule has 0 heterocycles. The van der Waals surface area contributed by atoms with Crippen LogP contribution < -0.4 is 5.32 Å². The highest BCUT2D eigenvalue weighted by Gasteiger charge is 2.15. The summed E-state index contributed by atoms with van der Waals surface area (Å²) >= 11 is 5.87. The number of phenols is 2. The van der Waals surface area contributed by atoms with E-state index in [2.05, 4.69) is 5.32 Å². The quantitative estimate of drug-likeness (QED) is 0.803. The maximum atomic E-state index is 9.81. The van der Waals surface area contributed by atoms with Crippen LogP contribution in [-0.4, -0.2) is 10.2 Å². The minimum absolute atomic E-state index is 0.0134. The number of nitriles is 1. The van der Waals surface area contributed by atoms with Crippen LogP contribution in [0.4, 0.5) is 5.69 Å². The van der Waals surface area contributed by atoms with Crippen LogP contribution >= 0.6 is 11.6 Å². The molecule has 1 atom stereocenters. The Bertz CT molecular complexity index is 660. The summed E-state index contributed by atoms with van der Waals surface area (Å²) in [6.45, 7) is 1.80. The average molecular weight is 289 g/mol. The number of aromatic hydroxyl groups is 2. The van der Waals surface area contributed by atoms with Crippen LogP contribution in [0.15, 0.2) is 36.4 Å². The number of hydrogen-bond donors (Lipinski definition) is 3. The summed E-state index contributed by atoms with van der Waals surface area (Å²) in [6.07, 6.45) is 0. The predicted molar refractivity (Wildman–Crippen MR) is 78.0 cm³/mol. The largest absolute Gasteiger partial charge is 0.507 e. The van der Waals surface area contributed by atoms with Crippen molar-refractivity contribution in [2.45, 2.75) is 13.0 Å². The molecular weight excluding hydrogens is 276 g/mol. The molecule has 0 saturated carbocycles. The van der Waals surface area contributed by atoms with Crippen molar-refractivity contribution in [3.05, 3.63) is 52.5 Å². The van der Waals surface area contributed by atoms with Gasteiger partial charge in [0.15, 0.2) is 0 Å². The fourth-order valence-electron chi connectivity index (χ4n) is 2.01. The van der Waals surface area contributed by atoms with Crippen molar-refractivity contribution in [3.8, 4) is 17.6 Å². The van der Waals surface area contributed by atoms with Crippen LogP contribution in [-0.2, 0) is 0 Å². The lowest BCUT2D eigenvalue weighted by atomic mass is 10.1. The van der Waals surface area contributed by atoms with E-state index in [1.165, 1.54) is 12.1 Å². The second-order valence-electron chi connectivity index (χ2n) is 4.38. The first-order valence-corrected chi connectivity index (χ1v) is 6.37. The molecule has 0 bridgehead atoms. The number of anilines is 1. The zero-order chi connectivity index (χ0) is 14.7. The summed E-state index contributed by atoms with van der Waals surface area (Å²) in [5.41, 5.74) is 1.45. The summed E-state index contributed by atoms with van der Waals surface area (Å²) in [5, 5.41) is 32.1. The molecule has 5 heteroatoms. The van der Waals surface area contributed by atoms with Crippen LogP contribution in [0.25, 0.3) is 0 Å². The van der Waals surface area contributed by atoms with E-state index < -0.39 is 0 Å². The molecule has 2 aromatic rings. The van der Waals surface area contributed by atoms with Crippen LogP contribution in [0.3, 0.4) is 0 Å². The van der Waals surface area contributed by atoms with E-state index in [0.29, 0.717) is 21.8 Å². The Balaban J connectivity index is 2.28. The van der Waals surface area contributed by atoms with Gasteiger partial charge in [-0.1, -0.05) is 17.7 Å². The van der Waals surface area contributed by atoms with Gasteiger partial charge in [0, 0.05) is 5.69 Å². The Morgan fingerprint density at radius 3 is 2.45 bits per heavy atom. The van der Waals surface area contributed by atoms with Gasteiger partial charge in [-0.3, -0.25) is 0 Å². The van der Waals surface area contributed by atoms with Crippen molar-refractivity contribution in [2.75, 3.05) is 5.32 Å². The standard InChI is InChI=1S/C15H13ClN2O2/c1-9(15-13(19)3-2-4-14(15)20)18-11-5-6-12(16)10(7-11)8-17/h2-7,9,18-20H,1H3. The van der Waals surface area contributed by atoms with E-state index in [-0.39, 0.29) is 17.5 Å². The van der Waals surface area contributed by atoms with Crippen molar-refractivity contribution in [1.29, 1.82) is 5.26 Å². The molecule has 2 rings (SSSR count). The van der Waals surface area contributed by atoms with Gasteiger partial charge in [0.2, 0.25) is 0 Å². The molecule has 0 aromatic heterocycles. The number of halogens is 1. The maximum Gasteiger partial charge on any atom is 0.124 e. The number of nitrogens with one attached hydrogen (secondary N) is 1. The Labute approximate surface area is 121 Å². The first-order valence-electron chi connectivity index (χ1n) is 6.00. The normalized spacial score (nSPS) is 11.7. The van der Waals surface area contributed by atoms with E-state index in [4.69, 9.17) is 16.9 Å². The minimum Gasteiger partial charge on any atom is -0.507 e. The molecule has 0 aliphatic heterocycles. The molecule has 1 unspecified atom stereocenters. The van der Waals surface area contributed by atoms with Crippen molar-refractivity contribution in [2.24, 2.45) is 0 Å². The third-order valence-electron chi connectivity index (χ3n) is 2.96. The summed E-state index contributed by atoms with van der Waals surface area (Å²) in [4.78, 5) is 0. The van der Waals surface area contributed by atoms with Gasteiger partial charge in [-0.15, -0.1) is 0 Å². The highest BCUT2D eigenvalue weighted by atomic mass is 35.5. The maximum absolute atomic E-state index is 9.81. The Hall–Kier alpha value is -2.38.